The average molecular weight is 303 g/mol. The highest BCUT2D eigenvalue weighted by Gasteiger charge is 2.16. The van der Waals surface area contributed by atoms with Crippen molar-refractivity contribution >= 4 is 22.6 Å². The van der Waals surface area contributed by atoms with Crippen molar-refractivity contribution in [2.24, 2.45) is 0 Å². The third kappa shape index (κ3) is 1.62. The van der Waals surface area contributed by atoms with Gasteiger partial charge in [-0.15, -0.1) is 0 Å². The van der Waals surface area contributed by atoms with Crippen LogP contribution in [-0.4, -0.2) is 4.57 Å². The number of hydrogen-bond donors (Lipinski definition) is 0. The molecule has 0 amide bonds. The van der Waals surface area contributed by atoms with Crippen LogP contribution in [0.1, 0.15) is 31.0 Å². The number of hydrogen-bond acceptors (Lipinski definition) is 1. The van der Waals surface area contributed by atoms with E-state index in [1.807, 2.05) is 4.57 Å². The number of fused-ring (bicyclic) bond motifs is 1. The Hall–Kier alpha value is -0.320. The topological polar surface area (TPSA) is 22.0 Å². The molecule has 3 heteroatoms. The smallest absolute Gasteiger partial charge is 0.264 e. The van der Waals surface area contributed by atoms with E-state index in [1.165, 1.54) is 11.3 Å². The van der Waals surface area contributed by atoms with Gasteiger partial charge in [-0.1, -0.05) is 13.3 Å². The Labute approximate surface area is 97.5 Å². The molecule has 1 aliphatic heterocycles. The van der Waals surface area contributed by atoms with Gasteiger partial charge in [0.2, 0.25) is 0 Å². The lowest BCUT2D eigenvalue weighted by atomic mass is 10.1. The molecule has 2 nitrogen and oxygen atoms in total. The molecule has 0 atom stereocenters. The predicted octanol–water partition coefficient (Wildman–Crippen LogP) is 2.35. The van der Waals surface area contributed by atoms with E-state index in [2.05, 4.69) is 35.6 Å². The molecule has 2 rings (SSSR count). The van der Waals surface area contributed by atoms with Crippen molar-refractivity contribution in [2.45, 2.75) is 39.2 Å². The first-order valence-corrected chi connectivity index (χ1v) is 6.23. The molecule has 0 saturated heterocycles. The van der Waals surface area contributed by atoms with Crippen LogP contribution in [0.3, 0.4) is 0 Å². The molecule has 1 aliphatic rings. The standard InChI is InChI=1S/C11H14INO/c1-2-4-8-7-9-5-3-6-13(9)11(14)10(8)12/h7H,2-6H2,1H3. The normalized spacial score (nSPS) is 14.4. The Balaban J connectivity index is 2.55. The minimum Gasteiger partial charge on any atom is -0.312 e. The van der Waals surface area contributed by atoms with E-state index < -0.39 is 0 Å². The fraction of sp³-hybridized carbons (Fsp3) is 0.545. The second kappa shape index (κ2) is 4.04. The van der Waals surface area contributed by atoms with Crippen LogP contribution in [0.2, 0.25) is 0 Å². The molecule has 0 N–H and O–H groups in total. The number of aryl methyl sites for hydroxylation is 2. The summed E-state index contributed by atoms with van der Waals surface area (Å²) in [5.41, 5.74) is 2.70. The summed E-state index contributed by atoms with van der Waals surface area (Å²) in [6.45, 7) is 3.07. The van der Waals surface area contributed by atoms with Crippen molar-refractivity contribution in [3.63, 3.8) is 0 Å². The molecule has 0 spiro atoms. The lowest BCUT2D eigenvalue weighted by Gasteiger charge is -2.08. The number of pyridine rings is 1. The summed E-state index contributed by atoms with van der Waals surface area (Å²) < 4.78 is 2.86. The summed E-state index contributed by atoms with van der Waals surface area (Å²) in [5.74, 6) is 0. The Kier molecular flexibility index (Phi) is 2.95. The third-order valence-corrected chi connectivity index (χ3v) is 3.89. The molecule has 0 fully saturated rings. The van der Waals surface area contributed by atoms with E-state index in [9.17, 15) is 4.79 Å². The quantitative estimate of drug-likeness (QED) is 0.769. The van der Waals surface area contributed by atoms with Crippen LogP contribution < -0.4 is 5.56 Å². The fourth-order valence-corrected chi connectivity index (χ4v) is 2.77. The van der Waals surface area contributed by atoms with Gasteiger partial charge in [0.05, 0.1) is 3.57 Å². The van der Waals surface area contributed by atoms with Gasteiger partial charge in [-0.3, -0.25) is 4.79 Å². The molecule has 0 bridgehead atoms. The second-order valence-electron chi connectivity index (χ2n) is 3.79. The van der Waals surface area contributed by atoms with Gasteiger partial charge >= 0.3 is 0 Å². The van der Waals surface area contributed by atoms with Crippen LogP contribution in [0.4, 0.5) is 0 Å². The van der Waals surface area contributed by atoms with Crippen LogP contribution >= 0.6 is 22.6 Å². The highest BCUT2D eigenvalue weighted by molar-refractivity contribution is 14.1. The summed E-state index contributed by atoms with van der Waals surface area (Å²) in [4.78, 5) is 11.9. The maximum atomic E-state index is 11.9. The Bertz CT molecular complexity index is 408. The summed E-state index contributed by atoms with van der Waals surface area (Å²) in [6, 6.07) is 2.22. The van der Waals surface area contributed by atoms with Crippen LogP contribution in [0.25, 0.3) is 0 Å². The van der Waals surface area contributed by atoms with Gasteiger partial charge in [0.25, 0.3) is 5.56 Å². The van der Waals surface area contributed by atoms with E-state index in [1.54, 1.807) is 0 Å². The first kappa shape index (κ1) is 10.2. The van der Waals surface area contributed by atoms with Gasteiger partial charge in [0.1, 0.15) is 0 Å². The van der Waals surface area contributed by atoms with Gasteiger partial charge < -0.3 is 4.57 Å². The van der Waals surface area contributed by atoms with Crippen LogP contribution in [0, 0.1) is 3.57 Å². The molecule has 0 unspecified atom stereocenters. The van der Waals surface area contributed by atoms with Crippen molar-refractivity contribution < 1.29 is 0 Å². The molecular formula is C11H14INO. The Morgan fingerprint density at radius 2 is 2.36 bits per heavy atom. The summed E-state index contributed by atoms with van der Waals surface area (Å²) in [7, 11) is 0. The summed E-state index contributed by atoms with van der Waals surface area (Å²) in [6.07, 6.45) is 4.34. The van der Waals surface area contributed by atoms with E-state index in [4.69, 9.17) is 0 Å². The number of halogens is 1. The maximum absolute atomic E-state index is 11.9. The minimum absolute atomic E-state index is 0.226. The predicted molar refractivity (Wildman–Crippen MR) is 65.7 cm³/mol. The zero-order valence-corrected chi connectivity index (χ0v) is 10.5. The molecule has 1 aromatic heterocycles. The maximum Gasteiger partial charge on any atom is 0.264 e. The van der Waals surface area contributed by atoms with E-state index >= 15 is 0 Å². The molecule has 0 saturated carbocycles. The van der Waals surface area contributed by atoms with Gasteiger partial charge in [0.15, 0.2) is 0 Å². The van der Waals surface area contributed by atoms with Gasteiger partial charge in [-0.05, 0) is 53.5 Å². The monoisotopic (exact) mass is 303 g/mol. The molecular weight excluding hydrogens is 289 g/mol. The van der Waals surface area contributed by atoms with Crippen molar-refractivity contribution in [3.8, 4) is 0 Å². The fourth-order valence-electron chi connectivity index (χ4n) is 2.05. The number of aromatic nitrogens is 1. The Morgan fingerprint density at radius 1 is 1.57 bits per heavy atom. The average Bonchev–Trinajstić information content (AvgIpc) is 2.62. The van der Waals surface area contributed by atoms with Crippen molar-refractivity contribution in [3.05, 3.63) is 31.2 Å². The lowest BCUT2D eigenvalue weighted by Crippen LogP contribution is -2.23. The molecule has 1 aromatic rings. The van der Waals surface area contributed by atoms with Crippen LogP contribution in [-0.2, 0) is 19.4 Å². The van der Waals surface area contributed by atoms with Gasteiger partial charge in [-0.25, -0.2) is 0 Å². The molecule has 2 heterocycles. The summed E-state index contributed by atoms with van der Waals surface area (Å²) >= 11 is 2.19. The zero-order valence-electron chi connectivity index (χ0n) is 8.35. The van der Waals surface area contributed by atoms with Crippen molar-refractivity contribution in [2.75, 3.05) is 0 Å². The zero-order chi connectivity index (χ0) is 10.1. The first-order valence-electron chi connectivity index (χ1n) is 5.15. The Morgan fingerprint density at radius 3 is 3.07 bits per heavy atom. The molecule has 0 radical (unpaired) electrons. The second-order valence-corrected chi connectivity index (χ2v) is 4.86. The van der Waals surface area contributed by atoms with Gasteiger partial charge in [0, 0.05) is 12.2 Å². The molecule has 0 aliphatic carbocycles. The number of rotatable bonds is 2. The number of nitrogens with zero attached hydrogens (tertiary/aromatic N) is 1. The van der Waals surface area contributed by atoms with E-state index in [0.717, 1.165) is 35.8 Å². The highest BCUT2D eigenvalue weighted by atomic mass is 127. The van der Waals surface area contributed by atoms with Crippen LogP contribution in [0.5, 0.6) is 0 Å². The first-order chi connectivity index (χ1) is 6.74. The van der Waals surface area contributed by atoms with E-state index in [0.29, 0.717) is 0 Å². The lowest BCUT2D eigenvalue weighted by molar-refractivity contribution is 0.713. The molecule has 0 aromatic carbocycles. The molecule has 76 valence electrons. The highest BCUT2D eigenvalue weighted by Crippen LogP contribution is 2.18. The summed E-state index contributed by atoms with van der Waals surface area (Å²) in [5, 5.41) is 0. The largest absolute Gasteiger partial charge is 0.312 e. The SMILES string of the molecule is CCCc1cc2n(c(=O)c1I)CCC2. The van der Waals surface area contributed by atoms with Gasteiger partial charge in [-0.2, -0.15) is 0 Å². The molecule has 14 heavy (non-hydrogen) atoms. The van der Waals surface area contributed by atoms with E-state index in [-0.39, 0.29) is 5.56 Å². The van der Waals surface area contributed by atoms with Crippen LogP contribution in [0.15, 0.2) is 10.9 Å². The van der Waals surface area contributed by atoms with Crippen molar-refractivity contribution in [1.82, 2.24) is 4.57 Å². The van der Waals surface area contributed by atoms with Crippen molar-refractivity contribution in [1.29, 1.82) is 0 Å². The minimum atomic E-state index is 0.226. The third-order valence-electron chi connectivity index (χ3n) is 2.74.